The molecule has 2 N–H and O–H groups in total. The van der Waals surface area contributed by atoms with Crippen LogP contribution in [0.3, 0.4) is 0 Å². The van der Waals surface area contributed by atoms with Crippen LogP contribution in [0.4, 0.5) is 0 Å². The molecule has 1 unspecified atom stereocenters. The molecule has 2 aromatic rings. The Morgan fingerprint density at radius 3 is 2.29 bits per heavy atom. The molecule has 0 heterocycles. The quantitative estimate of drug-likeness (QED) is 0.771. The number of nitrogens with one attached hydrogen (secondary N) is 1. The van der Waals surface area contributed by atoms with Gasteiger partial charge in [0.25, 0.3) is 5.91 Å². The third-order valence-electron chi connectivity index (χ3n) is 3.58. The molecule has 0 aromatic heterocycles. The maximum Gasteiger partial charge on any atom is 0.326 e. The number of carbonyl (C=O) groups excluding carboxylic acids is 1. The minimum atomic E-state index is -1.04. The first-order valence-corrected chi connectivity index (χ1v) is 9.00. The molecule has 0 saturated carbocycles. The second kappa shape index (κ2) is 9.13. The lowest BCUT2D eigenvalue weighted by atomic mass is 10.1. The van der Waals surface area contributed by atoms with Gasteiger partial charge in [0.1, 0.15) is 6.04 Å². The predicted molar refractivity (Wildman–Crippen MR) is 97.3 cm³/mol. The molecule has 0 saturated heterocycles. The van der Waals surface area contributed by atoms with E-state index >= 15 is 0 Å². The Kier molecular flexibility index (Phi) is 6.88. The third kappa shape index (κ3) is 5.42. The number of amides is 1. The summed E-state index contributed by atoms with van der Waals surface area (Å²) in [6, 6.07) is 15.6. The van der Waals surface area contributed by atoms with Gasteiger partial charge in [-0.2, -0.15) is 11.8 Å². The Morgan fingerprint density at radius 2 is 1.71 bits per heavy atom. The SMILES string of the molecule is CCSCc1ccc(C(=O)NC(Cc2ccccc2)C(=O)O)cc1. The summed E-state index contributed by atoms with van der Waals surface area (Å²) in [6.07, 6.45) is 0.257. The van der Waals surface area contributed by atoms with Crippen LogP contribution in [-0.4, -0.2) is 28.8 Å². The van der Waals surface area contributed by atoms with Crippen molar-refractivity contribution in [1.29, 1.82) is 0 Å². The van der Waals surface area contributed by atoms with Crippen molar-refractivity contribution < 1.29 is 14.7 Å². The molecular weight excluding hydrogens is 322 g/mol. The Labute approximate surface area is 146 Å². The molecule has 4 nitrogen and oxygen atoms in total. The van der Waals surface area contributed by atoms with Gasteiger partial charge in [-0.3, -0.25) is 4.79 Å². The smallest absolute Gasteiger partial charge is 0.326 e. The number of aliphatic carboxylic acids is 1. The number of carboxylic acids is 1. The van der Waals surface area contributed by atoms with Crippen LogP contribution in [0.1, 0.15) is 28.4 Å². The maximum absolute atomic E-state index is 12.3. The molecule has 0 fully saturated rings. The molecule has 1 atom stereocenters. The van der Waals surface area contributed by atoms with Crippen molar-refractivity contribution in [2.24, 2.45) is 0 Å². The summed E-state index contributed by atoms with van der Waals surface area (Å²) in [5.74, 6) is 0.544. The summed E-state index contributed by atoms with van der Waals surface area (Å²) in [6.45, 7) is 2.10. The fourth-order valence-electron chi connectivity index (χ4n) is 2.26. The zero-order valence-electron chi connectivity index (χ0n) is 13.6. The summed E-state index contributed by atoms with van der Waals surface area (Å²) in [5.41, 5.74) is 2.49. The minimum Gasteiger partial charge on any atom is -0.480 e. The first-order valence-electron chi connectivity index (χ1n) is 7.84. The fourth-order valence-corrected chi connectivity index (χ4v) is 2.90. The number of hydrogen-bond acceptors (Lipinski definition) is 3. The molecule has 126 valence electrons. The fraction of sp³-hybridized carbons (Fsp3) is 0.263. The maximum atomic E-state index is 12.3. The molecule has 2 aromatic carbocycles. The van der Waals surface area contributed by atoms with Crippen LogP contribution < -0.4 is 5.32 Å². The highest BCUT2D eigenvalue weighted by Gasteiger charge is 2.21. The zero-order chi connectivity index (χ0) is 17.4. The number of thioether (sulfide) groups is 1. The largest absolute Gasteiger partial charge is 0.480 e. The average Bonchev–Trinajstić information content (AvgIpc) is 2.60. The minimum absolute atomic E-state index is 0.257. The molecule has 0 bridgehead atoms. The van der Waals surface area contributed by atoms with Crippen molar-refractivity contribution in [1.82, 2.24) is 5.32 Å². The molecule has 2 rings (SSSR count). The lowest BCUT2D eigenvalue weighted by molar-refractivity contribution is -0.139. The number of carbonyl (C=O) groups is 2. The molecule has 0 spiro atoms. The van der Waals surface area contributed by atoms with Gasteiger partial charge in [0.2, 0.25) is 0 Å². The van der Waals surface area contributed by atoms with Crippen molar-refractivity contribution in [2.45, 2.75) is 25.1 Å². The van der Waals surface area contributed by atoms with Gasteiger partial charge < -0.3 is 10.4 Å². The highest BCUT2D eigenvalue weighted by atomic mass is 32.2. The van der Waals surface area contributed by atoms with E-state index in [9.17, 15) is 14.7 Å². The van der Waals surface area contributed by atoms with Gasteiger partial charge in [-0.1, -0.05) is 49.4 Å². The van der Waals surface area contributed by atoms with Crippen molar-refractivity contribution in [2.75, 3.05) is 5.75 Å². The highest BCUT2D eigenvalue weighted by Crippen LogP contribution is 2.13. The van der Waals surface area contributed by atoms with Crippen molar-refractivity contribution in [3.8, 4) is 0 Å². The predicted octanol–water partition coefficient (Wildman–Crippen LogP) is 3.37. The Morgan fingerprint density at radius 1 is 1.04 bits per heavy atom. The number of carboxylic acid groups (broad SMARTS) is 1. The molecule has 0 aliphatic carbocycles. The van der Waals surface area contributed by atoms with Crippen LogP contribution in [0.2, 0.25) is 0 Å². The third-order valence-corrected chi connectivity index (χ3v) is 4.52. The molecule has 24 heavy (non-hydrogen) atoms. The Hall–Kier alpha value is -2.27. The summed E-state index contributed by atoms with van der Waals surface area (Å²) in [4.78, 5) is 23.7. The van der Waals surface area contributed by atoms with E-state index in [1.165, 1.54) is 0 Å². The van der Waals surface area contributed by atoms with E-state index in [0.29, 0.717) is 5.56 Å². The van der Waals surface area contributed by atoms with Crippen LogP contribution in [-0.2, 0) is 17.0 Å². The van der Waals surface area contributed by atoms with E-state index in [1.807, 2.05) is 54.2 Å². The summed E-state index contributed by atoms with van der Waals surface area (Å²) in [7, 11) is 0. The van der Waals surface area contributed by atoms with E-state index in [4.69, 9.17) is 0 Å². The summed E-state index contributed by atoms with van der Waals surface area (Å²) >= 11 is 1.81. The number of benzene rings is 2. The van der Waals surface area contributed by atoms with Crippen LogP contribution in [0.15, 0.2) is 54.6 Å². The molecule has 5 heteroatoms. The van der Waals surface area contributed by atoms with E-state index < -0.39 is 12.0 Å². The monoisotopic (exact) mass is 343 g/mol. The first kappa shape index (κ1) is 18.1. The topological polar surface area (TPSA) is 66.4 Å². The van der Waals surface area contributed by atoms with Gasteiger partial charge >= 0.3 is 5.97 Å². The zero-order valence-corrected chi connectivity index (χ0v) is 14.4. The Bertz CT molecular complexity index is 671. The van der Waals surface area contributed by atoms with Crippen LogP contribution in [0.5, 0.6) is 0 Å². The van der Waals surface area contributed by atoms with Crippen molar-refractivity contribution in [3.63, 3.8) is 0 Å². The van der Waals surface area contributed by atoms with E-state index in [-0.39, 0.29) is 12.3 Å². The van der Waals surface area contributed by atoms with Crippen LogP contribution in [0.25, 0.3) is 0 Å². The van der Waals surface area contributed by atoms with E-state index in [1.54, 1.807) is 12.1 Å². The standard InChI is InChI=1S/C19H21NO3S/c1-2-24-13-15-8-10-16(11-9-15)18(21)20-17(19(22)23)12-14-6-4-3-5-7-14/h3-11,17H,2,12-13H2,1H3,(H,20,21)(H,22,23). The first-order chi connectivity index (χ1) is 11.6. The van der Waals surface area contributed by atoms with Gasteiger partial charge in [-0.25, -0.2) is 4.79 Å². The molecule has 0 aliphatic heterocycles. The van der Waals surface area contributed by atoms with Crippen molar-refractivity contribution >= 4 is 23.6 Å². The lowest BCUT2D eigenvalue weighted by Crippen LogP contribution is -2.42. The molecular formula is C19H21NO3S. The van der Waals surface area contributed by atoms with Gasteiger partial charge in [-0.05, 0) is 29.0 Å². The molecule has 0 radical (unpaired) electrons. The van der Waals surface area contributed by atoms with E-state index in [0.717, 1.165) is 22.6 Å². The second-order valence-electron chi connectivity index (χ2n) is 5.39. The average molecular weight is 343 g/mol. The summed E-state index contributed by atoms with van der Waals surface area (Å²) < 4.78 is 0. The second-order valence-corrected chi connectivity index (χ2v) is 6.66. The number of hydrogen-bond donors (Lipinski definition) is 2. The number of rotatable bonds is 8. The summed E-state index contributed by atoms with van der Waals surface area (Å²) in [5, 5.41) is 12.0. The lowest BCUT2D eigenvalue weighted by Gasteiger charge is -2.15. The molecule has 1 amide bonds. The van der Waals surface area contributed by atoms with Crippen molar-refractivity contribution in [3.05, 3.63) is 71.3 Å². The van der Waals surface area contributed by atoms with Gasteiger partial charge in [0, 0.05) is 17.7 Å². The van der Waals surface area contributed by atoms with Gasteiger partial charge in [0.15, 0.2) is 0 Å². The molecule has 0 aliphatic rings. The Balaban J connectivity index is 2.01. The van der Waals surface area contributed by atoms with Crippen LogP contribution >= 0.6 is 11.8 Å². The normalized spacial score (nSPS) is 11.7. The van der Waals surface area contributed by atoms with Gasteiger partial charge in [0.05, 0.1) is 0 Å². The highest BCUT2D eigenvalue weighted by molar-refractivity contribution is 7.98. The van der Waals surface area contributed by atoms with Crippen LogP contribution in [0, 0.1) is 0 Å². The van der Waals surface area contributed by atoms with Gasteiger partial charge in [-0.15, -0.1) is 0 Å². The van der Waals surface area contributed by atoms with E-state index in [2.05, 4.69) is 12.2 Å².